The zero-order valence-corrected chi connectivity index (χ0v) is 15.0. The molecular weight excluding hydrogens is 330 g/mol. The lowest BCUT2D eigenvalue weighted by molar-refractivity contribution is 0.0755. The molecule has 6 heteroatoms. The third-order valence-electron chi connectivity index (χ3n) is 3.80. The molecule has 1 aromatic carbocycles. The predicted molar refractivity (Wildman–Crippen MR) is 94.8 cm³/mol. The van der Waals surface area contributed by atoms with Crippen molar-refractivity contribution in [2.24, 2.45) is 0 Å². The van der Waals surface area contributed by atoms with Crippen LogP contribution in [0.2, 0.25) is 0 Å². The molecule has 122 valence electrons. The van der Waals surface area contributed by atoms with Crippen LogP contribution < -0.4 is 9.47 Å². The molecule has 0 saturated carbocycles. The maximum atomic E-state index is 13.2. The van der Waals surface area contributed by atoms with Crippen LogP contribution in [0.1, 0.15) is 25.5 Å². The number of hydrogen-bond acceptors (Lipinski definition) is 5. The molecular formula is C17H19NO3S2. The van der Waals surface area contributed by atoms with Crippen LogP contribution in [0.5, 0.6) is 11.5 Å². The van der Waals surface area contributed by atoms with E-state index in [4.69, 9.17) is 9.47 Å². The highest BCUT2D eigenvalue weighted by Crippen LogP contribution is 2.43. The molecule has 1 saturated heterocycles. The van der Waals surface area contributed by atoms with Gasteiger partial charge in [0.2, 0.25) is 0 Å². The molecule has 4 nitrogen and oxygen atoms in total. The fourth-order valence-electron chi connectivity index (χ4n) is 2.71. The Hall–Kier alpha value is -1.66. The Morgan fingerprint density at radius 2 is 1.87 bits per heavy atom. The van der Waals surface area contributed by atoms with E-state index in [-0.39, 0.29) is 11.3 Å². The van der Waals surface area contributed by atoms with E-state index in [1.807, 2.05) is 11.0 Å². The van der Waals surface area contributed by atoms with E-state index < -0.39 is 0 Å². The van der Waals surface area contributed by atoms with E-state index in [2.05, 4.69) is 19.1 Å². The van der Waals surface area contributed by atoms with E-state index in [1.165, 1.54) is 9.75 Å². The Bertz CT molecular complexity index is 691. The average Bonchev–Trinajstić information content (AvgIpc) is 3.21. The number of ether oxygens (including phenoxy) is 2. The van der Waals surface area contributed by atoms with Crippen molar-refractivity contribution in [3.63, 3.8) is 0 Å². The maximum absolute atomic E-state index is 13.2. The van der Waals surface area contributed by atoms with Gasteiger partial charge in [-0.2, -0.15) is 0 Å². The number of carbonyl (C=O) groups excluding carboxylic acids is 1. The summed E-state index contributed by atoms with van der Waals surface area (Å²) < 4.78 is 10.8. The third kappa shape index (κ3) is 3.05. The zero-order valence-electron chi connectivity index (χ0n) is 13.4. The Morgan fingerprint density at radius 3 is 2.43 bits per heavy atom. The number of amides is 1. The van der Waals surface area contributed by atoms with Crippen LogP contribution in [0.15, 0.2) is 30.3 Å². The number of rotatable bonds is 4. The van der Waals surface area contributed by atoms with Gasteiger partial charge < -0.3 is 14.4 Å². The van der Waals surface area contributed by atoms with Crippen molar-refractivity contribution in [2.45, 2.75) is 12.3 Å². The van der Waals surface area contributed by atoms with Crippen LogP contribution in [0.25, 0.3) is 0 Å². The summed E-state index contributed by atoms with van der Waals surface area (Å²) in [6.07, 6.45) is 0. The number of thioether (sulfide) groups is 1. The lowest BCUT2D eigenvalue weighted by Gasteiger charge is -2.24. The number of nitrogens with zero attached hydrogens (tertiary/aromatic N) is 1. The van der Waals surface area contributed by atoms with E-state index >= 15 is 0 Å². The van der Waals surface area contributed by atoms with Crippen molar-refractivity contribution in [1.82, 2.24) is 4.90 Å². The molecule has 0 bridgehead atoms. The SMILES string of the molecule is COc1cccc(OC)c1C(=O)N1CCSC1c1ccc(C)s1. The monoisotopic (exact) mass is 349 g/mol. The number of thiophene rings is 1. The fraction of sp³-hybridized carbons (Fsp3) is 0.353. The van der Waals surface area contributed by atoms with Crippen LogP contribution in [0.4, 0.5) is 0 Å². The highest BCUT2D eigenvalue weighted by Gasteiger charge is 2.34. The van der Waals surface area contributed by atoms with Gasteiger partial charge in [-0.25, -0.2) is 0 Å². The molecule has 3 rings (SSSR count). The van der Waals surface area contributed by atoms with Crippen molar-refractivity contribution in [3.05, 3.63) is 45.6 Å². The summed E-state index contributed by atoms with van der Waals surface area (Å²) in [5.74, 6) is 1.99. The molecule has 1 aromatic heterocycles. The number of carbonyl (C=O) groups is 1. The Balaban J connectivity index is 1.96. The minimum atomic E-state index is -0.0413. The van der Waals surface area contributed by atoms with Crippen LogP contribution >= 0.6 is 23.1 Å². The minimum absolute atomic E-state index is 0.0413. The van der Waals surface area contributed by atoms with Crippen LogP contribution in [-0.4, -0.2) is 37.3 Å². The van der Waals surface area contributed by atoms with Gasteiger partial charge in [-0.05, 0) is 31.2 Å². The highest BCUT2D eigenvalue weighted by atomic mass is 32.2. The van der Waals surface area contributed by atoms with Gasteiger partial charge >= 0.3 is 0 Å². The first-order valence-corrected chi connectivity index (χ1v) is 9.22. The quantitative estimate of drug-likeness (QED) is 0.837. The molecule has 1 aliphatic rings. The Labute approximate surface area is 144 Å². The largest absolute Gasteiger partial charge is 0.496 e. The second kappa shape index (κ2) is 6.84. The number of methoxy groups -OCH3 is 2. The van der Waals surface area contributed by atoms with Crippen LogP contribution in [-0.2, 0) is 0 Å². The smallest absolute Gasteiger partial charge is 0.262 e. The Morgan fingerprint density at radius 1 is 1.17 bits per heavy atom. The van der Waals surface area contributed by atoms with Gasteiger partial charge in [0.15, 0.2) is 0 Å². The number of aryl methyl sites for hydroxylation is 1. The molecule has 0 N–H and O–H groups in total. The molecule has 23 heavy (non-hydrogen) atoms. The first-order chi connectivity index (χ1) is 11.2. The lowest BCUT2D eigenvalue weighted by atomic mass is 10.1. The standard InChI is InChI=1S/C17H19NO3S2/c1-11-7-8-14(23-11)17-18(9-10-22-17)16(19)15-12(20-2)5-4-6-13(15)21-3/h4-8,17H,9-10H2,1-3H3. The second-order valence-corrected chi connectivity index (χ2v) is 7.72. The summed E-state index contributed by atoms with van der Waals surface area (Å²) in [5, 5.41) is 0.0656. The summed E-state index contributed by atoms with van der Waals surface area (Å²) in [6.45, 7) is 2.81. The molecule has 1 aliphatic heterocycles. The van der Waals surface area contributed by atoms with Crippen molar-refractivity contribution in [1.29, 1.82) is 0 Å². The molecule has 2 aromatic rings. The molecule has 1 unspecified atom stereocenters. The van der Waals surface area contributed by atoms with Crippen molar-refractivity contribution in [2.75, 3.05) is 26.5 Å². The van der Waals surface area contributed by atoms with Gasteiger partial charge in [-0.3, -0.25) is 4.79 Å². The Kier molecular flexibility index (Phi) is 4.82. The summed E-state index contributed by atoms with van der Waals surface area (Å²) in [6, 6.07) is 9.63. The van der Waals surface area contributed by atoms with E-state index in [0.29, 0.717) is 17.1 Å². The molecule has 1 atom stereocenters. The fourth-order valence-corrected chi connectivity index (χ4v) is 5.08. The van der Waals surface area contributed by atoms with Crippen molar-refractivity contribution < 1.29 is 14.3 Å². The van der Waals surface area contributed by atoms with Crippen LogP contribution in [0, 0.1) is 6.92 Å². The van der Waals surface area contributed by atoms with Crippen LogP contribution in [0.3, 0.4) is 0 Å². The highest BCUT2D eigenvalue weighted by molar-refractivity contribution is 7.99. The molecule has 1 fully saturated rings. The van der Waals surface area contributed by atoms with Crippen molar-refractivity contribution >= 4 is 29.0 Å². The molecule has 2 heterocycles. The normalized spacial score (nSPS) is 17.3. The molecule has 1 amide bonds. The van der Waals surface area contributed by atoms with Gasteiger partial charge in [0, 0.05) is 22.1 Å². The van der Waals surface area contributed by atoms with Gasteiger partial charge in [-0.15, -0.1) is 23.1 Å². The van der Waals surface area contributed by atoms with E-state index in [1.54, 1.807) is 49.5 Å². The maximum Gasteiger partial charge on any atom is 0.262 e. The third-order valence-corrected chi connectivity index (χ3v) is 6.24. The summed E-state index contributed by atoms with van der Waals surface area (Å²) in [4.78, 5) is 17.5. The topological polar surface area (TPSA) is 38.8 Å². The zero-order chi connectivity index (χ0) is 16.4. The number of hydrogen-bond donors (Lipinski definition) is 0. The van der Waals surface area contributed by atoms with Gasteiger partial charge in [0.05, 0.1) is 14.2 Å². The summed E-state index contributed by atoms with van der Waals surface area (Å²) in [7, 11) is 3.15. The van der Waals surface area contributed by atoms with Gasteiger partial charge in [-0.1, -0.05) is 6.07 Å². The first kappa shape index (κ1) is 16.2. The molecule has 0 radical (unpaired) electrons. The van der Waals surface area contributed by atoms with Crippen molar-refractivity contribution in [3.8, 4) is 11.5 Å². The average molecular weight is 349 g/mol. The van der Waals surface area contributed by atoms with Gasteiger partial charge in [0.25, 0.3) is 5.91 Å². The molecule has 0 aliphatic carbocycles. The number of benzene rings is 1. The minimum Gasteiger partial charge on any atom is -0.496 e. The lowest BCUT2D eigenvalue weighted by Crippen LogP contribution is -2.30. The first-order valence-electron chi connectivity index (χ1n) is 7.35. The summed E-state index contributed by atoms with van der Waals surface area (Å²) >= 11 is 3.54. The predicted octanol–water partition coefficient (Wildman–Crippen LogP) is 3.96. The van der Waals surface area contributed by atoms with E-state index in [9.17, 15) is 4.79 Å². The molecule has 0 spiro atoms. The van der Waals surface area contributed by atoms with E-state index in [0.717, 1.165) is 12.3 Å². The second-order valence-electron chi connectivity index (χ2n) is 5.21. The summed E-state index contributed by atoms with van der Waals surface area (Å²) in [5.41, 5.74) is 0.498. The van der Waals surface area contributed by atoms with Gasteiger partial charge in [0.1, 0.15) is 22.4 Å².